The molecule has 1 aliphatic heterocycles. The molecule has 0 radical (unpaired) electrons. The number of nitrogens with zero attached hydrogens (tertiary/aromatic N) is 4. The van der Waals surface area contributed by atoms with E-state index < -0.39 is 0 Å². The number of para-hydroxylation sites is 1. The second kappa shape index (κ2) is 7.68. The minimum absolute atomic E-state index is 0.151. The van der Waals surface area contributed by atoms with Gasteiger partial charge in [-0.3, -0.25) is 9.78 Å². The maximum atomic E-state index is 13.5. The van der Waals surface area contributed by atoms with Crippen molar-refractivity contribution in [2.24, 2.45) is 0 Å². The zero-order valence-corrected chi connectivity index (χ0v) is 16.9. The largest absolute Gasteiger partial charge is 0.504 e. The van der Waals surface area contributed by atoms with E-state index >= 15 is 0 Å². The lowest BCUT2D eigenvalue weighted by Gasteiger charge is -2.29. The summed E-state index contributed by atoms with van der Waals surface area (Å²) in [5, 5.41) is 11.1. The number of hydrogen-bond acceptors (Lipinski definition) is 6. The topological polar surface area (TPSA) is 88.4 Å². The number of amides is 1. The van der Waals surface area contributed by atoms with Crippen LogP contribution in [0.2, 0.25) is 0 Å². The Morgan fingerprint density at radius 1 is 1.10 bits per heavy atom. The van der Waals surface area contributed by atoms with E-state index in [0.29, 0.717) is 47.7 Å². The van der Waals surface area contributed by atoms with Crippen LogP contribution >= 0.6 is 0 Å². The summed E-state index contributed by atoms with van der Waals surface area (Å²) >= 11 is 0. The van der Waals surface area contributed by atoms with Crippen LogP contribution in [-0.2, 0) is 13.0 Å². The number of hydrogen-bond donors (Lipinski definition) is 1. The van der Waals surface area contributed by atoms with Crippen LogP contribution in [-0.4, -0.2) is 44.5 Å². The normalized spacial score (nSPS) is 13.1. The number of phenols is 1. The number of ether oxygens (including phenoxy) is 1. The molecule has 0 unspecified atom stereocenters. The number of phenolic OH excluding ortho intramolecular Hbond substituents is 1. The standard InChI is InChI=1S/C24H20N4O3/c1-31-20-9-8-16-14-28(12-10-17(16)22(20)29)24(30)21-18-6-2-3-7-19(18)26-23(27-21)15-5-4-11-25-13-15/h2-9,11,13,29H,10,12,14H2,1H3. The van der Waals surface area contributed by atoms with Gasteiger partial charge in [0.2, 0.25) is 0 Å². The number of carbonyl (C=O) groups excluding carboxylic acids is 1. The molecule has 1 N–H and O–H groups in total. The number of aromatic hydroxyl groups is 1. The van der Waals surface area contributed by atoms with E-state index in [1.54, 1.807) is 23.4 Å². The zero-order chi connectivity index (χ0) is 21.4. The minimum Gasteiger partial charge on any atom is -0.504 e. The molecule has 7 nitrogen and oxygen atoms in total. The molecule has 0 atom stereocenters. The summed E-state index contributed by atoms with van der Waals surface area (Å²) < 4.78 is 5.21. The molecule has 0 bridgehead atoms. The number of carbonyl (C=O) groups is 1. The Kier molecular flexibility index (Phi) is 4.71. The van der Waals surface area contributed by atoms with Crippen molar-refractivity contribution in [2.75, 3.05) is 13.7 Å². The summed E-state index contributed by atoms with van der Waals surface area (Å²) in [4.78, 5) is 28.7. The maximum Gasteiger partial charge on any atom is 0.273 e. The molecule has 0 spiro atoms. The van der Waals surface area contributed by atoms with Crippen LogP contribution in [0.3, 0.4) is 0 Å². The van der Waals surface area contributed by atoms with Crippen molar-refractivity contribution < 1.29 is 14.6 Å². The maximum absolute atomic E-state index is 13.5. The second-order valence-corrected chi connectivity index (χ2v) is 7.39. The fourth-order valence-corrected chi connectivity index (χ4v) is 3.97. The summed E-state index contributed by atoms with van der Waals surface area (Å²) in [5.74, 6) is 0.902. The number of methoxy groups -OCH3 is 1. The van der Waals surface area contributed by atoms with E-state index in [2.05, 4.69) is 15.0 Å². The van der Waals surface area contributed by atoms with Crippen LogP contribution in [0.4, 0.5) is 0 Å². The lowest BCUT2D eigenvalue weighted by molar-refractivity contribution is 0.0730. The van der Waals surface area contributed by atoms with Gasteiger partial charge in [0.25, 0.3) is 5.91 Å². The number of fused-ring (bicyclic) bond motifs is 2. The molecule has 2 aromatic heterocycles. The van der Waals surface area contributed by atoms with E-state index in [4.69, 9.17) is 4.74 Å². The molecular weight excluding hydrogens is 392 g/mol. The van der Waals surface area contributed by atoms with Gasteiger partial charge >= 0.3 is 0 Å². The number of rotatable bonds is 3. The third-order valence-corrected chi connectivity index (χ3v) is 5.57. The highest BCUT2D eigenvalue weighted by Gasteiger charge is 2.27. The van der Waals surface area contributed by atoms with E-state index in [-0.39, 0.29) is 11.7 Å². The average Bonchev–Trinajstić information content (AvgIpc) is 2.83. The fraction of sp³-hybridized carbons (Fsp3) is 0.167. The molecule has 2 aromatic carbocycles. The Labute approximate surface area is 179 Å². The Morgan fingerprint density at radius 2 is 1.97 bits per heavy atom. The number of pyridine rings is 1. The molecule has 154 valence electrons. The van der Waals surface area contributed by atoms with Crippen LogP contribution in [0, 0.1) is 0 Å². The highest BCUT2D eigenvalue weighted by Crippen LogP contribution is 2.36. The van der Waals surface area contributed by atoms with Gasteiger partial charge in [-0.05, 0) is 36.2 Å². The van der Waals surface area contributed by atoms with Crippen molar-refractivity contribution in [3.63, 3.8) is 0 Å². The third-order valence-electron chi connectivity index (χ3n) is 5.57. The van der Waals surface area contributed by atoms with Gasteiger partial charge in [0.15, 0.2) is 17.3 Å². The molecule has 0 fully saturated rings. The molecule has 0 aliphatic carbocycles. The van der Waals surface area contributed by atoms with Crippen LogP contribution < -0.4 is 4.74 Å². The second-order valence-electron chi connectivity index (χ2n) is 7.39. The van der Waals surface area contributed by atoms with E-state index in [1.165, 1.54) is 7.11 Å². The van der Waals surface area contributed by atoms with Gasteiger partial charge in [-0.1, -0.05) is 24.3 Å². The molecule has 1 amide bonds. The summed E-state index contributed by atoms with van der Waals surface area (Å²) in [6.07, 6.45) is 3.92. The first-order chi connectivity index (χ1) is 15.2. The summed E-state index contributed by atoms with van der Waals surface area (Å²) in [6.45, 7) is 0.874. The van der Waals surface area contributed by atoms with Gasteiger partial charge in [-0.2, -0.15) is 0 Å². The SMILES string of the molecule is COc1ccc2c(c1O)CCN(C(=O)c1nc(-c3cccnc3)nc3ccccc13)C2. The van der Waals surface area contributed by atoms with E-state index in [9.17, 15) is 9.90 Å². The first kappa shape index (κ1) is 19.0. The van der Waals surface area contributed by atoms with E-state index in [1.807, 2.05) is 42.5 Å². The van der Waals surface area contributed by atoms with Crippen LogP contribution in [0.15, 0.2) is 60.9 Å². The van der Waals surface area contributed by atoms with Crippen molar-refractivity contribution in [1.29, 1.82) is 0 Å². The molecular formula is C24H20N4O3. The molecule has 0 saturated carbocycles. The average molecular weight is 412 g/mol. The Morgan fingerprint density at radius 3 is 2.77 bits per heavy atom. The highest BCUT2D eigenvalue weighted by molar-refractivity contribution is 6.05. The minimum atomic E-state index is -0.162. The zero-order valence-electron chi connectivity index (χ0n) is 16.9. The summed E-state index contributed by atoms with van der Waals surface area (Å²) in [7, 11) is 1.53. The van der Waals surface area contributed by atoms with Crippen molar-refractivity contribution in [2.45, 2.75) is 13.0 Å². The van der Waals surface area contributed by atoms with Gasteiger partial charge in [-0.25, -0.2) is 9.97 Å². The molecule has 5 rings (SSSR count). The van der Waals surface area contributed by atoms with Gasteiger partial charge in [0, 0.05) is 42.0 Å². The van der Waals surface area contributed by atoms with Gasteiger partial charge in [-0.15, -0.1) is 0 Å². The Hall–Kier alpha value is -4.00. The number of aromatic nitrogens is 3. The van der Waals surface area contributed by atoms with Crippen LogP contribution in [0.5, 0.6) is 11.5 Å². The van der Waals surface area contributed by atoms with Gasteiger partial charge in [0.1, 0.15) is 5.69 Å². The van der Waals surface area contributed by atoms with Crippen molar-refractivity contribution in [1.82, 2.24) is 19.9 Å². The van der Waals surface area contributed by atoms with Crippen molar-refractivity contribution >= 4 is 16.8 Å². The Bertz CT molecular complexity index is 1290. The predicted molar refractivity (Wildman–Crippen MR) is 116 cm³/mol. The molecule has 1 aliphatic rings. The first-order valence-electron chi connectivity index (χ1n) is 10.00. The predicted octanol–water partition coefficient (Wildman–Crippen LogP) is 3.60. The Balaban J connectivity index is 1.55. The third kappa shape index (κ3) is 3.34. The summed E-state index contributed by atoms with van der Waals surface area (Å²) in [5.41, 5.74) is 3.56. The molecule has 3 heterocycles. The molecule has 7 heteroatoms. The van der Waals surface area contributed by atoms with Crippen LogP contribution in [0.1, 0.15) is 21.6 Å². The van der Waals surface area contributed by atoms with Gasteiger partial charge in [0.05, 0.1) is 12.6 Å². The number of benzene rings is 2. The fourth-order valence-electron chi connectivity index (χ4n) is 3.97. The smallest absolute Gasteiger partial charge is 0.273 e. The lowest BCUT2D eigenvalue weighted by Crippen LogP contribution is -2.36. The highest BCUT2D eigenvalue weighted by atomic mass is 16.5. The first-order valence-corrected chi connectivity index (χ1v) is 10.00. The van der Waals surface area contributed by atoms with Crippen molar-refractivity contribution in [3.8, 4) is 22.9 Å². The molecule has 4 aromatic rings. The quantitative estimate of drug-likeness (QED) is 0.553. The monoisotopic (exact) mass is 412 g/mol. The van der Waals surface area contributed by atoms with E-state index in [0.717, 1.165) is 16.7 Å². The lowest BCUT2D eigenvalue weighted by atomic mass is 9.97. The molecule has 0 saturated heterocycles. The van der Waals surface area contributed by atoms with Gasteiger partial charge < -0.3 is 14.7 Å². The molecule has 31 heavy (non-hydrogen) atoms. The summed E-state index contributed by atoms with van der Waals surface area (Å²) in [6, 6.07) is 14.8. The van der Waals surface area contributed by atoms with Crippen LogP contribution in [0.25, 0.3) is 22.3 Å². The van der Waals surface area contributed by atoms with Crippen molar-refractivity contribution in [3.05, 3.63) is 77.7 Å².